The van der Waals surface area contributed by atoms with Crippen molar-refractivity contribution in [2.45, 2.75) is 6.10 Å². The molecule has 0 fully saturated rings. The number of aryl methyl sites for hydroxylation is 1. The van der Waals surface area contributed by atoms with E-state index in [4.69, 9.17) is 4.74 Å². The summed E-state index contributed by atoms with van der Waals surface area (Å²) in [6, 6.07) is 0. The summed E-state index contributed by atoms with van der Waals surface area (Å²) in [6.45, 7) is 0.434. The number of aliphatic hydroxyl groups is 1. The van der Waals surface area contributed by atoms with Gasteiger partial charge >= 0.3 is 0 Å². The molecular weight excluding hydrogens is 210 g/mol. The molecule has 0 saturated heterocycles. The molecule has 0 radical (unpaired) electrons. The second-order valence-corrected chi connectivity index (χ2v) is 3.72. The molecule has 0 bridgehead atoms. The van der Waals surface area contributed by atoms with Gasteiger partial charge in [0.05, 0.1) is 19.0 Å². The minimum atomic E-state index is -0.678. The van der Waals surface area contributed by atoms with Gasteiger partial charge < -0.3 is 19.3 Å². The van der Waals surface area contributed by atoms with E-state index in [1.165, 1.54) is 12.0 Å². The number of nitrogens with zero attached hydrogens (tertiary/aromatic N) is 3. The number of likely N-dealkylation sites (N-methyl/N-ethyl adjacent to an activating group) is 1. The lowest BCUT2D eigenvalue weighted by atomic mass is 10.3. The van der Waals surface area contributed by atoms with E-state index < -0.39 is 6.10 Å². The molecule has 1 N–H and O–H groups in total. The van der Waals surface area contributed by atoms with Gasteiger partial charge in [-0.2, -0.15) is 0 Å². The summed E-state index contributed by atoms with van der Waals surface area (Å²) in [5.74, 6) is -0.212. The monoisotopic (exact) mass is 227 g/mol. The summed E-state index contributed by atoms with van der Waals surface area (Å²) in [7, 11) is 4.92. The van der Waals surface area contributed by atoms with Crippen LogP contribution in [0, 0.1) is 0 Å². The molecule has 1 rings (SSSR count). The summed E-state index contributed by atoms with van der Waals surface area (Å²) in [5.41, 5.74) is 0.370. The van der Waals surface area contributed by atoms with Crippen molar-refractivity contribution >= 4 is 5.91 Å². The van der Waals surface area contributed by atoms with Crippen molar-refractivity contribution in [3.8, 4) is 0 Å². The zero-order valence-corrected chi connectivity index (χ0v) is 9.75. The third-order valence-electron chi connectivity index (χ3n) is 2.11. The van der Waals surface area contributed by atoms with Gasteiger partial charge in [0.25, 0.3) is 5.91 Å². The van der Waals surface area contributed by atoms with Gasteiger partial charge in [-0.1, -0.05) is 0 Å². The molecule has 6 heteroatoms. The highest BCUT2D eigenvalue weighted by molar-refractivity contribution is 5.91. The fourth-order valence-electron chi connectivity index (χ4n) is 1.36. The van der Waals surface area contributed by atoms with Gasteiger partial charge in [-0.15, -0.1) is 0 Å². The fraction of sp³-hybridized carbons (Fsp3) is 0.600. The number of carbonyl (C=O) groups excluding carboxylic acids is 1. The minimum absolute atomic E-state index is 0.208. The minimum Gasteiger partial charge on any atom is -0.389 e. The topological polar surface area (TPSA) is 67.6 Å². The SMILES string of the molecule is COCC(O)CN(C)C(=O)c1cn(C)cn1. The predicted molar refractivity (Wildman–Crippen MR) is 58.1 cm³/mol. The molecule has 1 atom stereocenters. The molecule has 0 spiro atoms. The van der Waals surface area contributed by atoms with Gasteiger partial charge in [0.2, 0.25) is 0 Å². The van der Waals surface area contributed by atoms with Gasteiger partial charge in [0.1, 0.15) is 5.69 Å². The van der Waals surface area contributed by atoms with Crippen LogP contribution in [0.15, 0.2) is 12.5 Å². The maximum atomic E-state index is 11.8. The Morgan fingerprint density at radius 2 is 2.44 bits per heavy atom. The highest BCUT2D eigenvalue weighted by Gasteiger charge is 2.17. The Balaban J connectivity index is 2.54. The Morgan fingerprint density at radius 1 is 1.75 bits per heavy atom. The van der Waals surface area contributed by atoms with Crippen LogP contribution in [0.3, 0.4) is 0 Å². The summed E-state index contributed by atoms with van der Waals surface area (Å²) in [6.07, 6.45) is 2.52. The van der Waals surface area contributed by atoms with Crippen molar-refractivity contribution < 1.29 is 14.6 Å². The second-order valence-electron chi connectivity index (χ2n) is 3.72. The molecule has 0 aliphatic carbocycles. The Kier molecular flexibility index (Phi) is 4.45. The van der Waals surface area contributed by atoms with Gasteiger partial charge in [-0.05, 0) is 0 Å². The number of ether oxygens (including phenoxy) is 1. The van der Waals surface area contributed by atoms with Crippen molar-refractivity contribution in [2.75, 3.05) is 27.3 Å². The number of hydrogen-bond acceptors (Lipinski definition) is 4. The van der Waals surface area contributed by atoms with Crippen LogP contribution in [0.2, 0.25) is 0 Å². The molecule has 1 heterocycles. The van der Waals surface area contributed by atoms with E-state index in [2.05, 4.69) is 4.98 Å². The zero-order chi connectivity index (χ0) is 12.1. The van der Waals surface area contributed by atoms with Crippen LogP contribution in [0.5, 0.6) is 0 Å². The van der Waals surface area contributed by atoms with Crippen LogP contribution < -0.4 is 0 Å². The van der Waals surface area contributed by atoms with Crippen LogP contribution >= 0.6 is 0 Å². The van der Waals surface area contributed by atoms with Crippen LogP contribution in [0.4, 0.5) is 0 Å². The van der Waals surface area contributed by atoms with Gasteiger partial charge in [-0.25, -0.2) is 4.98 Å². The number of methoxy groups -OCH3 is 1. The standard InChI is InChI=1S/C10H17N3O3/c1-12-5-9(11-7-12)10(15)13(2)4-8(14)6-16-3/h5,7-8,14H,4,6H2,1-3H3. The molecule has 16 heavy (non-hydrogen) atoms. The molecule has 1 aromatic heterocycles. The summed E-state index contributed by atoms with van der Waals surface area (Å²) >= 11 is 0. The van der Waals surface area contributed by atoms with Crippen molar-refractivity contribution in [1.82, 2.24) is 14.5 Å². The zero-order valence-electron chi connectivity index (χ0n) is 9.75. The van der Waals surface area contributed by atoms with Crippen LogP contribution in [0.25, 0.3) is 0 Å². The lowest BCUT2D eigenvalue weighted by Crippen LogP contribution is -2.36. The number of imidazole rings is 1. The van der Waals surface area contributed by atoms with E-state index in [1.807, 2.05) is 0 Å². The van der Waals surface area contributed by atoms with E-state index in [0.29, 0.717) is 5.69 Å². The first-order valence-electron chi connectivity index (χ1n) is 4.95. The third-order valence-corrected chi connectivity index (χ3v) is 2.11. The highest BCUT2D eigenvalue weighted by atomic mass is 16.5. The number of aromatic nitrogens is 2. The van der Waals surface area contributed by atoms with Gasteiger partial charge in [0.15, 0.2) is 0 Å². The number of amides is 1. The maximum Gasteiger partial charge on any atom is 0.273 e. The number of aliphatic hydroxyl groups excluding tert-OH is 1. The van der Waals surface area contributed by atoms with E-state index >= 15 is 0 Å². The number of hydrogen-bond donors (Lipinski definition) is 1. The lowest BCUT2D eigenvalue weighted by Gasteiger charge is -2.19. The van der Waals surface area contributed by atoms with Gasteiger partial charge in [0, 0.05) is 33.9 Å². The maximum absolute atomic E-state index is 11.8. The first-order valence-corrected chi connectivity index (χ1v) is 4.95. The molecule has 0 saturated carbocycles. The summed E-state index contributed by atoms with van der Waals surface area (Å²) in [5, 5.41) is 9.48. The normalized spacial score (nSPS) is 12.5. The molecule has 0 aliphatic rings. The Hall–Kier alpha value is -1.40. The average molecular weight is 227 g/mol. The second kappa shape index (κ2) is 5.62. The molecule has 1 aromatic rings. The molecule has 0 aliphatic heterocycles. The van der Waals surface area contributed by atoms with E-state index in [9.17, 15) is 9.90 Å². The molecule has 6 nitrogen and oxygen atoms in total. The molecule has 1 amide bonds. The number of rotatable bonds is 5. The van der Waals surface area contributed by atoms with Crippen LogP contribution in [-0.2, 0) is 11.8 Å². The van der Waals surface area contributed by atoms with Crippen molar-refractivity contribution in [1.29, 1.82) is 0 Å². The van der Waals surface area contributed by atoms with Crippen LogP contribution in [0.1, 0.15) is 10.5 Å². The molecule has 90 valence electrons. The Morgan fingerprint density at radius 3 is 2.94 bits per heavy atom. The van der Waals surface area contributed by atoms with Crippen molar-refractivity contribution in [2.24, 2.45) is 7.05 Å². The predicted octanol–water partition coefficient (Wildman–Crippen LogP) is -0.501. The Labute approximate surface area is 94.5 Å². The smallest absolute Gasteiger partial charge is 0.273 e. The summed E-state index contributed by atoms with van der Waals surface area (Å²) < 4.78 is 6.49. The van der Waals surface area contributed by atoms with Crippen LogP contribution in [-0.4, -0.2) is 58.9 Å². The first-order chi connectivity index (χ1) is 7.54. The molecule has 0 aromatic carbocycles. The number of carbonyl (C=O) groups is 1. The third kappa shape index (κ3) is 3.32. The van der Waals surface area contributed by atoms with E-state index in [0.717, 1.165) is 0 Å². The van der Waals surface area contributed by atoms with Gasteiger partial charge in [-0.3, -0.25) is 4.79 Å². The summed E-state index contributed by atoms with van der Waals surface area (Å²) in [4.78, 5) is 17.2. The lowest BCUT2D eigenvalue weighted by molar-refractivity contribution is 0.0378. The van der Waals surface area contributed by atoms with Crippen molar-refractivity contribution in [3.63, 3.8) is 0 Å². The highest BCUT2D eigenvalue weighted by Crippen LogP contribution is 2.01. The fourth-order valence-corrected chi connectivity index (χ4v) is 1.36. The quantitative estimate of drug-likeness (QED) is 0.736. The molecule has 1 unspecified atom stereocenters. The largest absolute Gasteiger partial charge is 0.389 e. The first kappa shape index (κ1) is 12.7. The molecular formula is C10H17N3O3. The average Bonchev–Trinajstić information content (AvgIpc) is 2.64. The van der Waals surface area contributed by atoms with E-state index in [-0.39, 0.29) is 19.1 Å². The Bertz CT molecular complexity index is 351. The van der Waals surface area contributed by atoms with Crippen molar-refractivity contribution in [3.05, 3.63) is 18.2 Å². The van der Waals surface area contributed by atoms with E-state index in [1.54, 1.807) is 31.2 Å².